The number of aryl methyl sites for hydroxylation is 2. The molecule has 1 aliphatic heterocycles. The van der Waals surface area contributed by atoms with E-state index in [1.54, 1.807) is 22.7 Å². The van der Waals surface area contributed by atoms with Gasteiger partial charge in [0.15, 0.2) is 6.61 Å². The Morgan fingerprint density at radius 2 is 1.92 bits per heavy atom. The fraction of sp³-hybridized carbons (Fsp3) is 0.286. The van der Waals surface area contributed by atoms with Gasteiger partial charge in [-0.25, -0.2) is 0 Å². The van der Waals surface area contributed by atoms with Crippen LogP contribution in [0.1, 0.15) is 32.5 Å². The minimum Gasteiger partial charge on any atom is -0.483 e. The smallest absolute Gasteiger partial charge is 0.261 e. The predicted octanol–water partition coefficient (Wildman–Crippen LogP) is 4.98. The van der Waals surface area contributed by atoms with Gasteiger partial charge in [-0.1, -0.05) is 24.3 Å². The first-order valence-corrected chi connectivity index (χ1v) is 10.5. The normalized spacial score (nSPS) is 16.4. The molecule has 3 nitrogen and oxygen atoms in total. The van der Waals surface area contributed by atoms with Crippen LogP contribution in [-0.4, -0.2) is 24.0 Å². The summed E-state index contributed by atoms with van der Waals surface area (Å²) in [6, 6.07) is 12.4. The zero-order valence-corrected chi connectivity index (χ0v) is 16.5. The standard InChI is InChI=1S/C21H21NO2S2/c1-14-5-3-6-15(2)21(14)24-13-19(23)22-10-8-17-16(9-12-26-17)20(22)18-7-4-11-25-18/h3-7,9,11-12,20H,8,10,13H2,1-2H3/t20-/m1/s1. The zero-order chi connectivity index (χ0) is 18.1. The van der Waals surface area contributed by atoms with Gasteiger partial charge in [0.05, 0.1) is 6.04 Å². The second kappa shape index (κ2) is 7.25. The Balaban J connectivity index is 1.57. The summed E-state index contributed by atoms with van der Waals surface area (Å²) in [5.74, 6) is 0.865. The van der Waals surface area contributed by atoms with Crippen LogP contribution >= 0.6 is 22.7 Å². The van der Waals surface area contributed by atoms with Crippen LogP contribution < -0.4 is 4.74 Å². The van der Waals surface area contributed by atoms with Gasteiger partial charge in [0.25, 0.3) is 5.91 Å². The molecule has 0 bridgehead atoms. The van der Waals surface area contributed by atoms with Crippen LogP contribution in [0.4, 0.5) is 0 Å². The van der Waals surface area contributed by atoms with Crippen molar-refractivity contribution in [3.05, 3.63) is 73.6 Å². The number of ether oxygens (including phenoxy) is 1. The Bertz CT molecular complexity index is 894. The topological polar surface area (TPSA) is 29.5 Å². The number of benzene rings is 1. The highest BCUT2D eigenvalue weighted by molar-refractivity contribution is 7.10. The SMILES string of the molecule is Cc1cccc(C)c1OCC(=O)N1CCc2sccc2[C@@H]1c1cccs1. The van der Waals surface area contributed by atoms with E-state index in [-0.39, 0.29) is 18.6 Å². The minimum absolute atomic E-state index is 0.0130. The van der Waals surface area contributed by atoms with Crippen LogP contribution in [0.2, 0.25) is 0 Å². The largest absolute Gasteiger partial charge is 0.483 e. The molecule has 26 heavy (non-hydrogen) atoms. The highest BCUT2D eigenvalue weighted by Gasteiger charge is 2.33. The Morgan fingerprint density at radius 3 is 2.65 bits per heavy atom. The summed E-state index contributed by atoms with van der Waals surface area (Å²) in [5.41, 5.74) is 3.39. The highest BCUT2D eigenvalue weighted by Crippen LogP contribution is 2.39. The predicted molar refractivity (Wildman–Crippen MR) is 107 cm³/mol. The van der Waals surface area contributed by atoms with E-state index in [4.69, 9.17) is 4.74 Å². The molecule has 1 amide bonds. The molecule has 3 aromatic rings. The molecule has 3 heterocycles. The lowest BCUT2D eigenvalue weighted by molar-refractivity contribution is -0.135. The van der Waals surface area contributed by atoms with E-state index in [0.717, 1.165) is 29.8 Å². The average Bonchev–Trinajstić information content (AvgIpc) is 3.31. The molecule has 0 saturated heterocycles. The first-order chi connectivity index (χ1) is 12.6. The Morgan fingerprint density at radius 1 is 1.12 bits per heavy atom. The summed E-state index contributed by atoms with van der Waals surface area (Å²) in [5, 5.41) is 4.21. The number of hydrogen-bond donors (Lipinski definition) is 0. The van der Waals surface area contributed by atoms with Crippen LogP contribution in [-0.2, 0) is 11.2 Å². The van der Waals surface area contributed by atoms with Gasteiger partial charge in [0.2, 0.25) is 0 Å². The van der Waals surface area contributed by atoms with E-state index in [2.05, 4.69) is 29.0 Å². The second-order valence-corrected chi connectivity index (χ2v) is 8.54. The molecular weight excluding hydrogens is 362 g/mol. The maximum absolute atomic E-state index is 13.0. The lowest BCUT2D eigenvalue weighted by Gasteiger charge is -2.35. The molecule has 5 heteroatoms. The van der Waals surface area contributed by atoms with Crippen molar-refractivity contribution in [2.75, 3.05) is 13.2 Å². The van der Waals surface area contributed by atoms with Crippen LogP contribution in [0.25, 0.3) is 0 Å². The van der Waals surface area contributed by atoms with Crippen molar-refractivity contribution in [2.24, 2.45) is 0 Å². The van der Waals surface area contributed by atoms with E-state index in [0.29, 0.717) is 0 Å². The molecule has 4 rings (SSSR count). The van der Waals surface area contributed by atoms with Crippen LogP contribution in [0.5, 0.6) is 5.75 Å². The Kier molecular flexibility index (Phi) is 4.83. The van der Waals surface area contributed by atoms with Crippen LogP contribution in [0.15, 0.2) is 47.2 Å². The van der Waals surface area contributed by atoms with Crippen molar-refractivity contribution >= 4 is 28.6 Å². The molecule has 0 fully saturated rings. The first kappa shape index (κ1) is 17.3. The van der Waals surface area contributed by atoms with Crippen molar-refractivity contribution in [3.63, 3.8) is 0 Å². The van der Waals surface area contributed by atoms with Crippen molar-refractivity contribution in [2.45, 2.75) is 26.3 Å². The molecule has 134 valence electrons. The summed E-state index contributed by atoms with van der Waals surface area (Å²) in [4.78, 5) is 17.6. The average molecular weight is 384 g/mol. The van der Waals surface area contributed by atoms with Gasteiger partial charge in [-0.15, -0.1) is 22.7 Å². The first-order valence-electron chi connectivity index (χ1n) is 8.73. The van der Waals surface area contributed by atoms with Crippen LogP contribution in [0.3, 0.4) is 0 Å². The third-order valence-corrected chi connectivity index (χ3v) is 6.77. The van der Waals surface area contributed by atoms with Gasteiger partial charge in [-0.2, -0.15) is 0 Å². The van der Waals surface area contributed by atoms with Crippen molar-refractivity contribution in [1.82, 2.24) is 4.90 Å². The molecular formula is C21H21NO2S2. The summed E-state index contributed by atoms with van der Waals surface area (Å²) in [7, 11) is 0. The molecule has 0 unspecified atom stereocenters. The van der Waals surface area contributed by atoms with Crippen molar-refractivity contribution < 1.29 is 9.53 Å². The number of rotatable bonds is 4. The Hall–Kier alpha value is -2.11. The van der Waals surface area contributed by atoms with Gasteiger partial charge in [-0.05, 0) is 59.9 Å². The fourth-order valence-corrected chi connectivity index (χ4v) is 5.34. The van der Waals surface area contributed by atoms with E-state index in [1.807, 2.05) is 36.9 Å². The summed E-state index contributed by atoms with van der Waals surface area (Å²) in [6.45, 7) is 4.84. The quantitative estimate of drug-likeness (QED) is 0.636. The summed E-state index contributed by atoms with van der Waals surface area (Å²) in [6.07, 6.45) is 0.921. The third kappa shape index (κ3) is 3.17. The van der Waals surface area contributed by atoms with Gasteiger partial charge in [0.1, 0.15) is 5.75 Å². The molecule has 1 atom stereocenters. The Labute approximate surface area is 161 Å². The van der Waals surface area contributed by atoms with E-state index < -0.39 is 0 Å². The molecule has 0 saturated carbocycles. The fourth-order valence-electron chi connectivity index (χ4n) is 3.58. The van der Waals surface area contributed by atoms with E-state index >= 15 is 0 Å². The molecule has 1 aliphatic rings. The molecule has 0 aliphatic carbocycles. The van der Waals surface area contributed by atoms with Gasteiger partial charge >= 0.3 is 0 Å². The monoisotopic (exact) mass is 383 g/mol. The number of carbonyl (C=O) groups is 1. The number of nitrogens with zero attached hydrogens (tertiary/aromatic N) is 1. The van der Waals surface area contributed by atoms with E-state index in [9.17, 15) is 4.79 Å². The molecule has 2 aromatic heterocycles. The third-order valence-electron chi connectivity index (χ3n) is 4.85. The number of carbonyl (C=O) groups excluding carboxylic acids is 1. The number of para-hydroxylation sites is 1. The summed E-state index contributed by atoms with van der Waals surface area (Å²) < 4.78 is 5.93. The van der Waals surface area contributed by atoms with Gasteiger partial charge in [0, 0.05) is 16.3 Å². The highest BCUT2D eigenvalue weighted by atomic mass is 32.1. The van der Waals surface area contributed by atoms with E-state index in [1.165, 1.54) is 15.3 Å². The lowest BCUT2D eigenvalue weighted by Crippen LogP contribution is -2.42. The summed E-state index contributed by atoms with van der Waals surface area (Å²) >= 11 is 3.50. The molecule has 0 radical (unpaired) electrons. The van der Waals surface area contributed by atoms with Crippen LogP contribution in [0, 0.1) is 13.8 Å². The maximum atomic E-state index is 13.0. The maximum Gasteiger partial charge on any atom is 0.261 e. The lowest BCUT2D eigenvalue weighted by atomic mass is 9.98. The minimum atomic E-state index is 0.0130. The van der Waals surface area contributed by atoms with Gasteiger partial charge in [-0.3, -0.25) is 4.79 Å². The van der Waals surface area contributed by atoms with Crippen molar-refractivity contribution in [3.8, 4) is 5.75 Å². The van der Waals surface area contributed by atoms with Crippen molar-refractivity contribution in [1.29, 1.82) is 0 Å². The number of hydrogen-bond acceptors (Lipinski definition) is 4. The van der Waals surface area contributed by atoms with Gasteiger partial charge < -0.3 is 9.64 Å². The molecule has 0 spiro atoms. The number of fused-ring (bicyclic) bond motifs is 1. The number of amides is 1. The molecule has 0 N–H and O–H groups in total. The zero-order valence-electron chi connectivity index (χ0n) is 14.9. The second-order valence-electron chi connectivity index (χ2n) is 6.56. The molecule has 1 aromatic carbocycles. The number of thiophene rings is 2.